The molecule has 25 heavy (non-hydrogen) atoms. The molecule has 2 rings (SSSR count). The van der Waals surface area contributed by atoms with Crippen LogP contribution in [0.1, 0.15) is 5.56 Å². The molecule has 0 amide bonds. The largest absolute Gasteiger partial charge is 0.465 e. The maximum Gasteiger partial charge on any atom is 0.338 e. The van der Waals surface area contributed by atoms with Crippen LogP contribution in [0.4, 0.5) is 0 Å². The quantitative estimate of drug-likeness (QED) is 0.756. The molecule has 0 spiro atoms. The van der Waals surface area contributed by atoms with Gasteiger partial charge in [0.25, 0.3) is 10.0 Å². The summed E-state index contributed by atoms with van der Waals surface area (Å²) in [6, 6.07) is 6.31. The van der Waals surface area contributed by atoms with Crippen molar-refractivity contribution in [3.63, 3.8) is 0 Å². The number of carbonyl (C=O) groups is 2. The summed E-state index contributed by atoms with van der Waals surface area (Å²) >= 11 is 0. The van der Waals surface area contributed by atoms with Gasteiger partial charge < -0.3 is 9.47 Å². The van der Waals surface area contributed by atoms with E-state index in [1.807, 2.05) is 6.92 Å². The van der Waals surface area contributed by atoms with Crippen molar-refractivity contribution < 1.29 is 27.5 Å². The molecule has 1 heterocycles. The maximum atomic E-state index is 12.7. The molecule has 0 saturated heterocycles. The van der Waals surface area contributed by atoms with Crippen LogP contribution < -0.4 is 0 Å². The first-order valence-corrected chi connectivity index (χ1v) is 8.62. The Morgan fingerprint density at radius 1 is 0.880 bits per heavy atom. The molecule has 0 aliphatic carbocycles. The Bertz CT molecular complexity index is 842. The Labute approximate surface area is 145 Å². The highest BCUT2D eigenvalue weighted by molar-refractivity contribution is 7.89. The number of benzene rings is 1. The fourth-order valence-electron chi connectivity index (χ4n) is 2.09. The molecule has 132 valence electrons. The third kappa shape index (κ3) is 3.80. The zero-order chi connectivity index (χ0) is 18.6. The van der Waals surface area contributed by atoms with E-state index in [-0.39, 0.29) is 16.0 Å². The van der Waals surface area contributed by atoms with E-state index in [4.69, 9.17) is 0 Å². The van der Waals surface area contributed by atoms with E-state index in [1.54, 1.807) is 12.1 Å². The van der Waals surface area contributed by atoms with Crippen LogP contribution in [0.2, 0.25) is 0 Å². The summed E-state index contributed by atoms with van der Waals surface area (Å²) in [5.41, 5.74) is 0.711. The van der Waals surface area contributed by atoms with Gasteiger partial charge in [0, 0.05) is 12.4 Å². The molecule has 1 aliphatic heterocycles. The monoisotopic (exact) mass is 363 g/mol. The van der Waals surface area contributed by atoms with Gasteiger partial charge in [-0.3, -0.25) is 0 Å². The van der Waals surface area contributed by atoms with Crippen molar-refractivity contribution in [2.45, 2.75) is 11.8 Å². The van der Waals surface area contributed by atoms with E-state index in [0.717, 1.165) is 24.1 Å². The van der Waals surface area contributed by atoms with E-state index < -0.39 is 22.0 Å². The van der Waals surface area contributed by atoms with E-state index >= 15 is 0 Å². The van der Waals surface area contributed by atoms with Gasteiger partial charge in [0.1, 0.15) is 0 Å². The molecule has 0 N–H and O–H groups in total. The smallest absolute Gasteiger partial charge is 0.338 e. The van der Waals surface area contributed by atoms with Crippen LogP contribution in [0.5, 0.6) is 0 Å². The Hall–Kier alpha value is -2.87. The second-order valence-electron chi connectivity index (χ2n) is 5.09. The number of nitrogens with zero attached hydrogens (tertiary/aromatic N) is 1. The predicted molar refractivity (Wildman–Crippen MR) is 89.5 cm³/mol. The van der Waals surface area contributed by atoms with E-state index in [0.29, 0.717) is 0 Å². The minimum absolute atomic E-state index is 0.0773. The number of rotatable bonds is 4. The third-order valence-corrected chi connectivity index (χ3v) is 5.14. The van der Waals surface area contributed by atoms with Crippen molar-refractivity contribution in [3.05, 3.63) is 65.5 Å². The van der Waals surface area contributed by atoms with Crippen LogP contribution in [0, 0.1) is 6.92 Å². The van der Waals surface area contributed by atoms with Crippen LogP contribution in [0.15, 0.2) is 64.9 Å². The first kappa shape index (κ1) is 18.5. The highest BCUT2D eigenvalue weighted by Crippen LogP contribution is 2.22. The second kappa shape index (κ2) is 7.35. The fourth-order valence-corrected chi connectivity index (χ4v) is 3.26. The number of sulfonamides is 1. The van der Waals surface area contributed by atoms with Gasteiger partial charge in [0.2, 0.25) is 0 Å². The van der Waals surface area contributed by atoms with Crippen molar-refractivity contribution in [2.24, 2.45) is 0 Å². The number of hydrogen-bond donors (Lipinski definition) is 0. The molecule has 1 aromatic rings. The van der Waals surface area contributed by atoms with Gasteiger partial charge in [-0.15, -0.1) is 0 Å². The number of hydrogen-bond acceptors (Lipinski definition) is 6. The minimum Gasteiger partial charge on any atom is -0.465 e. The van der Waals surface area contributed by atoms with Gasteiger partial charge in [-0.25, -0.2) is 22.3 Å². The van der Waals surface area contributed by atoms with Gasteiger partial charge in [-0.1, -0.05) is 17.7 Å². The highest BCUT2D eigenvalue weighted by Gasteiger charge is 2.25. The Morgan fingerprint density at radius 3 is 1.72 bits per heavy atom. The van der Waals surface area contributed by atoms with Crippen molar-refractivity contribution in [3.8, 4) is 0 Å². The Kier molecular flexibility index (Phi) is 5.43. The summed E-state index contributed by atoms with van der Waals surface area (Å²) in [4.78, 5) is 23.8. The number of ether oxygens (including phenoxy) is 2. The molecule has 1 aliphatic rings. The van der Waals surface area contributed by atoms with Crippen LogP contribution in [0.25, 0.3) is 0 Å². The second-order valence-corrected chi connectivity index (χ2v) is 6.93. The normalized spacial score (nSPS) is 14.3. The first-order valence-electron chi connectivity index (χ1n) is 7.18. The van der Waals surface area contributed by atoms with Crippen molar-refractivity contribution >= 4 is 22.0 Å². The fraction of sp³-hybridized carbons (Fsp3) is 0.176. The average Bonchev–Trinajstić information content (AvgIpc) is 2.84. The average molecular weight is 363 g/mol. The van der Waals surface area contributed by atoms with Crippen LogP contribution in [-0.4, -0.2) is 38.9 Å². The molecule has 0 fully saturated rings. The van der Waals surface area contributed by atoms with E-state index in [9.17, 15) is 18.0 Å². The molecular formula is C17H17NO6S. The number of carbonyl (C=O) groups excluding carboxylic acids is 2. The number of aryl methyl sites for hydroxylation is 1. The van der Waals surface area contributed by atoms with Crippen molar-refractivity contribution in [2.75, 3.05) is 14.2 Å². The molecule has 0 radical (unpaired) electrons. The highest BCUT2D eigenvalue weighted by atomic mass is 32.2. The topological polar surface area (TPSA) is 90.0 Å². The van der Waals surface area contributed by atoms with Crippen LogP contribution >= 0.6 is 0 Å². The summed E-state index contributed by atoms with van der Waals surface area (Å²) in [6.45, 7) is 1.84. The maximum absolute atomic E-state index is 12.7. The standard InChI is InChI=1S/C17H17NO6S/c1-12-4-6-13(7-5-12)25(21,22)18-10-8-14(16(19)23-2)15(9-11-18)17(20)24-3/h4-11H,1-3H3. The van der Waals surface area contributed by atoms with Gasteiger partial charge in [-0.05, 0) is 31.2 Å². The summed E-state index contributed by atoms with van der Waals surface area (Å²) in [7, 11) is -1.56. The van der Waals surface area contributed by atoms with Gasteiger partial charge in [0.15, 0.2) is 0 Å². The summed E-state index contributed by atoms with van der Waals surface area (Å²) in [5.74, 6) is -1.56. The van der Waals surface area contributed by atoms with Crippen molar-refractivity contribution in [1.82, 2.24) is 4.31 Å². The predicted octanol–water partition coefficient (Wildman–Crippen LogP) is 1.67. The van der Waals surface area contributed by atoms with Crippen LogP contribution in [0.3, 0.4) is 0 Å². The lowest BCUT2D eigenvalue weighted by Gasteiger charge is -2.15. The zero-order valence-electron chi connectivity index (χ0n) is 13.9. The molecule has 1 aromatic carbocycles. The Morgan fingerprint density at radius 2 is 1.32 bits per heavy atom. The first-order chi connectivity index (χ1) is 11.8. The number of esters is 2. The van der Waals surface area contributed by atoms with Crippen LogP contribution in [-0.2, 0) is 29.1 Å². The lowest BCUT2D eigenvalue weighted by Crippen LogP contribution is -2.20. The van der Waals surface area contributed by atoms with Gasteiger partial charge in [-0.2, -0.15) is 0 Å². The Balaban J connectivity index is 2.47. The molecule has 7 nitrogen and oxygen atoms in total. The molecule has 0 aromatic heterocycles. The summed E-state index contributed by atoms with van der Waals surface area (Å²) in [5, 5.41) is 0. The molecule has 0 unspecified atom stereocenters. The molecule has 0 saturated carbocycles. The minimum atomic E-state index is -3.89. The lowest BCUT2D eigenvalue weighted by atomic mass is 10.1. The third-order valence-electron chi connectivity index (χ3n) is 3.47. The molecule has 8 heteroatoms. The van der Waals surface area contributed by atoms with Crippen molar-refractivity contribution in [1.29, 1.82) is 0 Å². The molecule has 0 bridgehead atoms. The van der Waals surface area contributed by atoms with Gasteiger partial charge >= 0.3 is 11.9 Å². The van der Waals surface area contributed by atoms with Gasteiger partial charge in [0.05, 0.1) is 30.3 Å². The molecule has 0 atom stereocenters. The lowest BCUT2D eigenvalue weighted by molar-refractivity contribution is -0.138. The summed E-state index contributed by atoms with van der Waals surface area (Å²) < 4.78 is 35.6. The zero-order valence-corrected chi connectivity index (χ0v) is 14.7. The van der Waals surface area contributed by atoms with E-state index in [2.05, 4.69) is 9.47 Å². The number of methoxy groups -OCH3 is 2. The molecular weight excluding hydrogens is 346 g/mol. The van der Waals surface area contributed by atoms with E-state index in [1.165, 1.54) is 36.7 Å². The summed E-state index contributed by atoms with van der Waals surface area (Å²) in [6.07, 6.45) is 4.75. The SMILES string of the molecule is COC(=O)C1=C(C(=O)OC)C=CN(S(=O)(=O)c2ccc(C)cc2)C=C1.